The fourth-order valence-corrected chi connectivity index (χ4v) is 7.56. The molecule has 3 heterocycles. The van der Waals surface area contributed by atoms with E-state index < -0.39 is 10.0 Å². The number of sulfonamides is 1. The van der Waals surface area contributed by atoms with Gasteiger partial charge in [0.1, 0.15) is 4.21 Å². The first-order valence-electron chi connectivity index (χ1n) is 9.06. The summed E-state index contributed by atoms with van der Waals surface area (Å²) in [6, 6.07) is 11.6. The maximum atomic E-state index is 13.1. The number of rotatable bonds is 3. The van der Waals surface area contributed by atoms with Crippen LogP contribution >= 0.6 is 27.3 Å². The van der Waals surface area contributed by atoms with Crippen molar-refractivity contribution < 1.29 is 13.2 Å². The number of carbonyl (C=O) groups excluding carboxylic acids is 1. The second kappa shape index (κ2) is 7.66. The fourth-order valence-electron chi connectivity index (χ4n) is 3.87. The van der Waals surface area contributed by atoms with E-state index in [2.05, 4.69) is 28.1 Å². The van der Waals surface area contributed by atoms with Gasteiger partial charge < -0.3 is 4.90 Å². The third kappa shape index (κ3) is 3.85. The molecule has 1 unspecified atom stereocenters. The number of amides is 1. The number of thiophene rings is 1. The highest BCUT2D eigenvalue weighted by molar-refractivity contribution is 9.11. The summed E-state index contributed by atoms with van der Waals surface area (Å²) >= 11 is 4.53. The highest BCUT2D eigenvalue weighted by Gasteiger charge is 2.36. The summed E-state index contributed by atoms with van der Waals surface area (Å²) in [5.41, 5.74) is 2.50. The molecule has 27 heavy (non-hydrogen) atoms. The summed E-state index contributed by atoms with van der Waals surface area (Å²) in [6.07, 6.45) is 2.32. The van der Waals surface area contributed by atoms with Crippen LogP contribution in [0.3, 0.4) is 0 Å². The summed E-state index contributed by atoms with van der Waals surface area (Å²) < 4.78 is 28.4. The van der Waals surface area contributed by atoms with Crippen LogP contribution in [0.25, 0.3) is 0 Å². The van der Waals surface area contributed by atoms with Crippen LogP contribution in [-0.4, -0.2) is 43.2 Å². The molecule has 2 aliphatic heterocycles. The van der Waals surface area contributed by atoms with Crippen LogP contribution in [0.2, 0.25) is 0 Å². The van der Waals surface area contributed by atoms with E-state index >= 15 is 0 Å². The predicted octanol–water partition coefficient (Wildman–Crippen LogP) is 3.50. The Morgan fingerprint density at radius 3 is 2.63 bits per heavy atom. The lowest BCUT2D eigenvalue weighted by Gasteiger charge is -2.36. The zero-order valence-electron chi connectivity index (χ0n) is 14.8. The van der Waals surface area contributed by atoms with Crippen LogP contribution in [-0.2, 0) is 27.8 Å². The third-order valence-corrected chi connectivity index (χ3v) is 9.27. The first-order chi connectivity index (χ1) is 12.9. The van der Waals surface area contributed by atoms with E-state index in [1.165, 1.54) is 26.8 Å². The van der Waals surface area contributed by atoms with E-state index in [0.717, 1.165) is 16.6 Å². The normalized spacial score (nSPS) is 21.1. The summed E-state index contributed by atoms with van der Waals surface area (Å²) in [5, 5.41) is 0. The van der Waals surface area contributed by atoms with Gasteiger partial charge in [-0.3, -0.25) is 4.79 Å². The molecule has 0 radical (unpaired) electrons. The van der Waals surface area contributed by atoms with E-state index in [1.807, 2.05) is 17.0 Å². The molecule has 0 spiro atoms. The van der Waals surface area contributed by atoms with Crippen molar-refractivity contribution in [3.05, 3.63) is 51.3 Å². The van der Waals surface area contributed by atoms with Crippen LogP contribution in [0.1, 0.15) is 24.0 Å². The van der Waals surface area contributed by atoms with E-state index in [0.29, 0.717) is 30.3 Å². The lowest BCUT2D eigenvalue weighted by atomic mass is 9.95. The zero-order valence-corrected chi connectivity index (χ0v) is 18.0. The largest absolute Gasteiger partial charge is 0.338 e. The molecule has 0 bridgehead atoms. The Bertz CT molecular complexity index is 957. The number of nitrogens with zero attached hydrogens (tertiary/aromatic N) is 2. The van der Waals surface area contributed by atoms with Gasteiger partial charge in [0.05, 0.1) is 9.70 Å². The van der Waals surface area contributed by atoms with Crippen molar-refractivity contribution in [2.75, 3.05) is 19.6 Å². The predicted molar refractivity (Wildman–Crippen MR) is 109 cm³/mol. The van der Waals surface area contributed by atoms with Gasteiger partial charge in [0.25, 0.3) is 10.0 Å². The Hall–Kier alpha value is -1.22. The maximum Gasteiger partial charge on any atom is 0.252 e. The lowest BCUT2D eigenvalue weighted by molar-refractivity contribution is -0.137. The molecule has 1 aromatic heterocycles. The van der Waals surface area contributed by atoms with Gasteiger partial charge in [0.2, 0.25) is 5.91 Å². The Morgan fingerprint density at radius 2 is 1.89 bits per heavy atom. The van der Waals surface area contributed by atoms with Crippen LogP contribution in [0.5, 0.6) is 0 Å². The van der Waals surface area contributed by atoms with E-state index in [1.54, 1.807) is 12.1 Å². The average Bonchev–Trinajstić information content (AvgIpc) is 3.14. The first kappa shape index (κ1) is 19.1. The molecule has 1 aromatic carbocycles. The van der Waals surface area contributed by atoms with Gasteiger partial charge in [-0.15, -0.1) is 11.3 Å². The molecule has 1 atom stereocenters. The highest BCUT2D eigenvalue weighted by atomic mass is 79.9. The molecule has 2 aromatic rings. The molecule has 2 aliphatic rings. The van der Waals surface area contributed by atoms with Crippen molar-refractivity contribution >= 4 is 43.2 Å². The number of hydrogen-bond acceptors (Lipinski definition) is 4. The van der Waals surface area contributed by atoms with Crippen LogP contribution < -0.4 is 0 Å². The summed E-state index contributed by atoms with van der Waals surface area (Å²) in [5.74, 6) is -0.182. The number of hydrogen-bond donors (Lipinski definition) is 0. The van der Waals surface area contributed by atoms with Gasteiger partial charge in [-0.05, 0) is 58.5 Å². The van der Waals surface area contributed by atoms with Crippen LogP contribution in [0, 0.1) is 5.92 Å². The number of halogens is 1. The van der Waals surface area contributed by atoms with E-state index in [4.69, 9.17) is 0 Å². The average molecular weight is 469 g/mol. The summed E-state index contributed by atoms with van der Waals surface area (Å²) in [6.45, 7) is 2.08. The van der Waals surface area contributed by atoms with Crippen molar-refractivity contribution in [3.63, 3.8) is 0 Å². The van der Waals surface area contributed by atoms with Crippen molar-refractivity contribution in [2.24, 2.45) is 5.92 Å². The summed E-state index contributed by atoms with van der Waals surface area (Å²) in [4.78, 5) is 15.0. The monoisotopic (exact) mass is 468 g/mol. The second-order valence-corrected chi connectivity index (χ2v) is 11.7. The molecule has 0 aliphatic carbocycles. The summed E-state index contributed by atoms with van der Waals surface area (Å²) in [7, 11) is -3.54. The number of benzene rings is 1. The molecule has 144 valence electrons. The van der Waals surface area contributed by atoms with Gasteiger partial charge in [-0.2, -0.15) is 4.31 Å². The van der Waals surface area contributed by atoms with Crippen molar-refractivity contribution in [1.82, 2.24) is 9.21 Å². The smallest absolute Gasteiger partial charge is 0.252 e. The topological polar surface area (TPSA) is 57.7 Å². The lowest BCUT2D eigenvalue weighted by Crippen LogP contribution is -2.47. The number of piperidine rings is 1. The molecular formula is C19H21BrN2O3S2. The minimum Gasteiger partial charge on any atom is -0.338 e. The van der Waals surface area contributed by atoms with Gasteiger partial charge in [0, 0.05) is 26.2 Å². The Labute approximate surface area is 172 Å². The molecule has 8 heteroatoms. The van der Waals surface area contributed by atoms with Gasteiger partial charge in [0.15, 0.2) is 0 Å². The Kier molecular flexibility index (Phi) is 5.42. The third-order valence-electron chi connectivity index (χ3n) is 5.32. The quantitative estimate of drug-likeness (QED) is 0.692. The van der Waals surface area contributed by atoms with Gasteiger partial charge >= 0.3 is 0 Å². The maximum absolute atomic E-state index is 13.1. The molecular weight excluding hydrogens is 448 g/mol. The SMILES string of the molecule is O=C(C1CCCN(S(=O)(=O)c2ccc(Br)s2)C1)N1CCc2ccccc2C1. The second-order valence-electron chi connectivity index (χ2n) is 7.04. The van der Waals surface area contributed by atoms with Crippen molar-refractivity contribution in [1.29, 1.82) is 0 Å². The number of carbonyl (C=O) groups is 1. The Morgan fingerprint density at radius 1 is 1.11 bits per heavy atom. The zero-order chi connectivity index (χ0) is 19.0. The fraction of sp³-hybridized carbons (Fsp3) is 0.421. The Balaban J connectivity index is 1.48. The molecule has 1 fully saturated rings. The molecule has 1 amide bonds. The minimum absolute atomic E-state index is 0.0803. The van der Waals surface area contributed by atoms with Gasteiger partial charge in [-0.1, -0.05) is 24.3 Å². The molecule has 5 nitrogen and oxygen atoms in total. The standard InChI is InChI=1S/C19H21BrN2O3S2/c20-17-7-8-18(26-17)27(24,25)22-10-3-6-16(13-22)19(23)21-11-9-14-4-1-2-5-15(14)12-21/h1-2,4-5,7-8,16H,3,6,9-13H2. The minimum atomic E-state index is -3.54. The number of fused-ring (bicyclic) bond motifs is 1. The van der Waals surface area contributed by atoms with Crippen LogP contribution in [0.15, 0.2) is 44.4 Å². The van der Waals surface area contributed by atoms with E-state index in [9.17, 15) is 13.2 Å². The highest BCUT2D eigenvalue weighted by Crippen LogP contribution is 2.31. The first-order valence-corrected chi connectivity index (χ1v) is 12.1. The van der Waals surface area contributed by atoms with Crippen LogP contribution in [0.4, 0.5) is 0 Å². The van der Waals surface area contributed by atoms with Crippen molar-refractivity contribution in [2.45, 2.75) is 30.0 Å². The van der Waals surface area contributed by atoms with E-state index in [-0.39, 0.29) is 18.4 Å². The molecule has 4 rings (SSSR count). The van der Waals surface area contributed by atoms with Crippen molar-refractivity contribution in [3.8, 4) is 0 Å². The molecule has 0 N–H and O–H groups in total. The molecule has 1 saturated heterocycles. The molecule has 0 saturated carbocycles. The van der Waals surface area contributed by atoms with Gasteiger partial charge in [-0.25, -0.2) is 8.42 Å².